The van der Waals surface area contributed by atoms with Crippen LogP contribution in [0, 0.1) is 0 Å². The van der Waals surface area contributed by atoms with Crippen LogP contribution in [-0.2, 0) is 6.54 Å². The van der Waals surface area contributed by atoms with Crippen molar-refractivity contribution in [1.29, 1.82) is 0 Å². The summed E-state index contributed by atoms with van der Waals surface area (Å²) in [5.41, 5.74) is 3.17. The molecule has 0 amide bonds. The molecular weight excluding hydrogens is 420 g/mol. The van der Waals surface area contributed by atoms with Gasteiger partial charge in [-0.05, 0) is 69.6 Å². The van der Waals surface area contributed by atoms with Crippen molar-refractivity contribution in [1.82, 2.24) is 4.98 Å². The van der Waals surface area contributed by atoms with Crippen molar-refractivity contribution >= 4 is 38.7 Å². The van der Waals surface area contributed by atoms with Crippen molar-refractivity contribution in [2.75, 3.05) is 19.5 Å². The van der Waals surface area contributed by atoms with E-state index in [4.69, 9.17) is 14.2 Å². The van der Waals surface area contributed by atoms with Crippen molar-refractivity contribution < 1.29 is 14.2 Å². The minimum atomic E-state index is 0.638. The summed E-state index contributed by atoms with van der Waals surface area (Å²) < 4.78 is 17.1. The summed E-state index contributed by atoms with van der Waals surface area (Å²) in [5, 5.41) is 10.9. The third-order valence-electron chi connectivity index (χ3n) is 5.32. The van der Waals surface area contributed by atoms with Gasteiger partial charge in [-0.2, -0.15) is 11.3 Å². The first-order valence-electron chi connectivity index (χ1n) is 10.2. The third kappa shape index (κ3) is 4.05. The van der Waals surface area contributed by atoms with Crippen LogP contribution in [0.5, 0.6) is 23.0 Å². The van der Waals surface area contributed by atoms with Gasteiger partial charge in [0.15, 0.2) is 11.5 Å². The molecule has 5 rings (SSSR count). The predicted molar refractivity (Wildman–Crippen MR) is 131 cm³/mol. The molecule has 0 aliphatic rings. The normalized spacial score (nSPS) is 10.9. The molecule has 1 N–H and O–H groups in total. The van der Waals surface area contributed by atoms with E-state index in [2.05, 4.69) is 51.4 Å². The van der Waals surface area contributed by atoms with E-state index in [1.807, 2.05) is 30.3 Å². The Labute approximate surface area is 190 Å². The molecule has 32 heavy (non-hydrogen) atoms. The van der Waals surface area contributed by atoms with Crippen LogP contribution >= 0.6 is 11.3 Å². The second kappa shape index (κ2) is 8.77. The van der Waals surface area contributed by atoms with Crippen LogP contribution in [0.1, 0.15) is 5.56 Å². The topological polar surface area (TPSA) is 52.6 Å². The lowest BCUT2D eigenvalue weighted by Crippen LogP contribution is -1.97. The highest BCUT2D eigenvalue weighted by atomic mass is 32.1. The number of hydrogen-bond acceptors (Lipinski definition) is 6. The number of pyridine rings is 1. The summed E-state index contributed by atoms with van der Waals surface area (Å²) in [5.74, 6) is 2.75. The van der Waals surface area contributed by atoms with Gasteiger partial charge in [0, 0.05) is 29.9 Å². The minimum absolute atomic E-state index is 0.638. The maximum Gasteiger partial charge on any atom is 0.162 e. The van der Waals surface area contributed by atoms with E-state index in [1.165, 1.54) is 5.56 Å². The lowest BCUT2D eigenvalue weighted by atomic mass is 10.1. The number of aromatic nitrogens is 1. The standard InChI is InChI=1S/C26H22N2O3S/c1-29-25-13-22-23(14-26(25)30-2)27-9-7-24(22)31-21-6-4-18-11-20(5-3-19(18)12-21)28-15-17-8-10-32-16-17/h3-14,16,28H,15H2,1-2H3. The van der Waals surface area contributed by atoms with Crippen molar-refractivity contribution in [3.63, 3.8) is 0 Å². The number of anilines is 1. The summed E-state index contributed by atoms with van der Waals surface area (Å²) in [6, 6.07) is 20.2. The quantitative estimate of drug-likeness (QED) is 0.298. The Hall–Kier alpha value is -3.77. The zero-order valence-corrected chi connectivity index (χ0v) is 18.6. The number of nitrogens with one attached hydrogen (secondary N) is 1. The van der Waals surface area contributed by atoms with Gasteiger partial charge in [0.05, 0.1) is 19.7 Å². The molecule has 0 fully saturated rings. The van der Waals surface area contributed by atoms with Crippen LogP contribution in [0.3, 0.4) is 0 Å². The number of methoxy groups -OCH3 is 2. The second-order valence-corrected chi connectivity index (χ2v) is 8.12. The molecule has 160 valence electrons. The van der Waals surface area contributed by atoms with Crippen molar-refractivity contribution in [2.24, 2.45) is 0 Å². The highest BCUT2D eigenvalue weighted by molar-refractivity contribution is 7.07. The van der Waals surface area contributed by atoms with Gasteiger partial charge < -0.3 is 19.5 Å². The highest BCUT2D eigenvalue weighted by Crippen LogP contribution is 2.37. The largest absolute Gasteiger partial charge is 0.493 e. The van der Waals surface area contributed by atoms with Crippen LogP contribution in [0.25, 0.3) is 21.7 Å². The second-order valence-electron chi connectivity index (χ2n) is 7.34. The molecule has 0 atom stereocenters. The van der Waals surface area contributed by atoms with E-state index in [9.17, 15) is 0 Å². The molecule has 0 aliphatic carbocycles. The molecule has 0 unspecified atom stereocenters. The maximum absolute atomic E-state index is 6.25. The number of fused-ring (bicyclic) bond motifs is 2. The third-order valence-corrected chi connectivity index (χ3v) is 6.06. The zero-order chi connectivity index (χ0) is 21.9. The van der Waals surface area contributed by atoms with Crippen LogP contribution in [0.2, 0.25) is 0 Å². The van der Waals surface area contributed by atoms with E-state index in [0.717, 1.165) is 39.7 Å². The van der Waals surface area contributed by atoms with E-state index < -0.39 is 0 Å². The first-order valence-corrected chi connectivity index (χ1v) is 11.1. The average molecular weight is 443 g/mol. The lowest BCUT2D eigenvalue weighted by Gasteiger charge is -2.13. The number of nitrogens with zero attached hydrogens (tertiary/aromatic N) is 1. The van der Waals surface area contributed by atoms with E-state index in [-0.39, 0.29) is 0 Å². The molecule has 3 aromatic carbocycles. The van der Waals surface area contributed by atoms with Gasteiger partial charge in [-0.15, -0.1) is 0 Å². The number of ether oxygens (including phenoxy) is 3. The monoisotopic (exact) mass is 442 g/mol. The Balaban J connectivity index is 1.41. The molecule has 6 heteroatoms. The van der Waals surface area contributed by atoms with Crippen LogP contribution in [-0.4, -0.2) is 19.2 Å². The number of hydrogen-bond donors (Lipinski definition) is 1. The summed E-state index contributed by atoms with van der Waals surface area (Å²) >= 11 is 1.71. The summed E-state index contributed by atoms with van der Waals surface area (Å²) in [6.07, 6.45) is 1.73. The van der Waals surface area contributed by atoms with E-state index in [1.54, 1.807) is 31.8 Å². The van der Waals surface area contributed by atoms with Gasteiger partial charge in [0.1, 0.15) is 11.5 Å². The van der Waals surface area contributed by atoms with Gasteiger partial charge in [0.25, 0.3) is 0 Å². The summed E-state index contributed by atoms with van der Waals surface area (Å²) in [6.45, 7) is 0.819. The number of rotatable bonds is 7. The molecular formula is C26H22N2O3S. The molecule has 0 radical (unpaired) electrons. The molecule has 0 aliphatic heterocycles. The molecule has 0 bridgehead atoms. The molecule has 2 heterocycles. The Morgan fingerprint density at radius 1 is 0.844 bits per heavy atom. The zero-order valence-electron chi connectivity index (χ0n) is 17.8. The van der Waals surface area contributed by atoms with Gasteiger partial charge >= 0.3 is 0 Å². The van der Waals surface area contributed by atoms with Gasteiger partial charge in [-0.1, -0.05) is 12.1 Å². The first-order chi connectivity index (χ1) is 15.7. The highest BCUT2D eigenvalue weighted by Gasteiger charge is 2.11. The van der Waals surface area contributed by atoms with E-state index >= 15 is 0 Å². The van der Waals surface area contributed by atoms with Crippen molar-refractivity contribution in [2.45, 2.75) is 6.54 Å². The van der Waals surface area contributed by atoms with Crippen molar-refractivity contribution in [3.05, 3.63) is 83.2 Å². The molecule has 5 aromatic rings. The van der Waals surface area contributed by atoms with Crippen LogP contribution in [0.4, 0.5) is 5.69 Å². The smallest absolute Gasteiger partial charge is 0.162 e. The lowest BCUT2D eigenvalue weighted by molar-refractivity contribution is 0.355. The molecule has 0 spiro atoms. The first kappa shape index (κ1) is 20.2. The van der Waals surface area contributed by atoms with Gasteiger partial charge in [-0.3, -0.25) is 4.98 Å². The van der Waals surface area contributed by atoms with Crippen LogP contribution < -0.4 is 19.5 Å². The fourth-order valence-corrected chi connectivity index (χ4v) is 4.33. The SMILES string of the molecule is COc1cc2nccc(Oc3ccc4cc(NCc5ccsc5)ccc4c3)c2cc1OC. The van der Waals surface area contributed by atoms with Crippen LogP contribution in [0.15, 0.2) is 77.6 Å². The number of thiophene rings is 1. The Bertz CT molecular complexity index is 1380. The maximum atomic E-state index is 6.25. The summed E-state index contributed by atoms with van der Waals surface area (Å²) in [4.78, 5) is 4.44. The molecule has 2 aromatic heterocycles. The predicted octanol–water partition coefficient (Wildman–Crippen LogP) is 6.87. The Morgan fingerprint density at radius 2 is 1.66 bits per heavy atom. The van der Waals surface area contributed by atoms with E-state index in [0.29, 0.717) is 17.2 Å². The minimum Gasteiger partial charge on any atom is -0.493 e. The Kier molecular flexibility index (Phi) is 5.52. The molecule has 0 saturated carbocycles. The summed E-state index contributed by atoms with van der Waals surface area (Å²) in [7, 11) is 3.23. The fraction of sp³-hybridized carbons (Fsp3) is 0.115. The number of benzene rings is 3. The average Bonchev–Trinajstić information content (AvgIpc) is 3.36. The van der Waals surface area contributed by atoms with Gasteiger partial charge in [-0.25, -0.2) is 0 Å². The van der Waals surface area contributed by atoms with Crippen molar-refractivity contribution in [3.8, 4) is 23.0 Å². The fourth-order valence-electron chi connectivity index (χ4n) is 3.66. The van der Waals surface area contributed by atoms with Gasteiger partial charge in [0.2, 0.25) is 0 Å². The molecule has 5 nitrogen and oxygen atoms in total. The Morgan fingerprint density at radius 3 is 2.47 bits per heavy atom. The molecule has 0 saturated heterocycles.